The van der Waals surface area contributed by atoms with Gasteiger partial charge < -0.3 is 15.0 Å². The second kappa shape index (κ2) is 8.65. The molecule has 8 nitrogen and oxygen atoms in total. The van der Waals surface area contributed by atoms with Gasteiger partial charge in [0.1, 0.15) is 11.5 Å². The van der Waals surface area contributed by atoms with Crippen molar-refractivity contribution in [3.05, 3.63) is 42.6 Å². The zero-order valence-electron chi connectivity index (χ0n) is 18.1. The first-order valence-corrected chi connectivity index (χ1v) is 12.1. The molecular formula is C23H27N5O3S. The van der Waals surface area contributed by atoms with Crippen molar-refractivity contribution in [3.8, 4) is 11.1 Å². The Balaban J connectivity index is 1.35. The predicted octanol–water partition coefficient (Wildman–Crippen LogP) is 3.68. The number of nitrogens with zero attached hydrogens (tertiary/aromatic N) is 2. The molecule has 3 N–H and O–H groups in total. The van der Waals surface area contributed by atoms with Gasteiger partial charge >= 0.3 is 0 Å². The van der Waals surface area contributed by atoms with Crippen molar-refractivity contribution in [1.82, 2.24) is 14.3 Å². The van der Waals surface area contributed by atoms with E-state index in [1.165, 1.54) is 0 Å². The molecule has 5 rings (SSSR count). The Kier molecular flexibility index (Phi) is 5.71. The number of fused-ring (bicyclic) bond motifs is 1. The summed E-state index contributed by atoms with van der Waals surface area (Å²) in [5.41, 5.74) is 3.47. The van der Waals surface area contributed by atoms with Gasteiger partial charge in [0.25, 0.3) is 0 Å². The standard InChI is InChI=1S/C23H27N5O3S/c1-14-12-28(13-15(2)31-14)32(30)27-18-7-5-16(6-8-18)20-11-21(26-23(29)17-3-4-17)25-22-19(20)9-10-24-22/h5-11,14-15,17,27H,3-4,12-13H2,1-2H3,(H2,24,25,26,29). The number of ether oxygens (including phenoxy) is 1. The largest absolute Gasteiger partial charge is 0.373 e. The molecule has 3 atom stereocenters. The Morgan fingerprint density at radius 2 is 1.88 bits per heavy atom. The van der Waals surface area contributed by atoms with E-state index < -0.39 is 11.2 Å². The number of anilines is 2. The van der Waals surface area contributed by atoms with Gasteiger partial charge in [0.05, 0.1) is 12.2 Å². The monoisotopic (exact) mass is 453 g/mol. The summed E-state index contributed by atoms with van der Waals surface area (Å²) in [4.78, 5) is 19.9. The quantitative estimate of drug-likeness (QED) is 0.530. The van der Waals surface area contributed by atoms with E-state index in [2.05, 4.69) is 20.0 Å². The Morgan fingerprint density at radius 3 is 2.56 bits per heavy atom. The molecule has 1 aliphatic carbocycles. The van der Waals surface area contributed by atoms with Crippen LogP contribution in [0.15, 0.2) is 42.6 Å². The van der Waals surface area contributed by atoms with Gasteiger partial charge in [0.15, 0.2) is 11.2 Å². The molecule has 3 heterocycles. The molecule has 1 amide bonds. The van der Waals surface area contributed by atoms with E-state index in [-0.39, 0.29) is 24.0 Å². The van der Waals surface area contributed by atoms with Gasteiger partial charge in [0.2, 0.25) is 5.91 Å². The molecule has 3 aromatic rings. The maximum atomic E-state index is 12.8. The summed E-state index contributed by atoms with van der Waals surface area (Å²) in [5, 5.41) is 3.92. The van der Waals surface area contributed by atoms with E-state index in [1.807, 2.05) is 60.7 Å². The smallest absolute Gasteiger partial charge is 0.228 e. The van der Waals surface area contributed by atoms with E-state index in [4.69, 9.17) is 4.74 Å². The second-order valence-electron chi connectivity index (χ2n) is 8.59. The molecule has 0 spiro atoms. The summed E-state index contributed by atoms with van der Waals surface area (Å²) in [5.74, 6) is 0.692. The highest BCUT2D eigenvalue weighted by Crippen LogP contribution is 2.33. The van der Waals surface area contributed by atoms with Gasteiger partial charge in [-0.2, -0.15) is 0 Å². The summed E-state index contributed by atoms with van der Waals surface area (Å²) in [6, 6.07) is 11.7. The lowest BCUT2D eigenvalue weighted by Crippen LogP contribution is -2.47. The molecule has 1 aliphatic heterocycles. The molecule has 32 heavy (non-hydrogen) atoms. The van der Waals surface area contributed by atoms with Crippen LogP contribution in [0.2, 0.25) is 0 Å². The van der Waals surface area contributed by atoms with E-state index in [9.17, 15) is 9.00 Å². The van der Waals surface area contributed by atoms with Crippen LogP contribution in [-0.2, 0) is 20.7 Å². The molecule has 2 aliphatic rings. The number of aromatic amines is 1. The van der Waals surface area contributed by atoms with Crippen molar-refractivity contribution in [3.63, 3.8) is 0 Å². The van der Waals surface area contributed by atoms with Crippen LogP contribution in [0, 0.1) is 5.92 Å². The SMILES string of the molecule is CC1CN(S(=O)Nc2ccc(-c3cc(NC(=O)C4CC4)nc4[nH]ccc34)cc2)CC(C)O1. The molecular weight excluding hydrogens is 426 g/mol. The van der Waals surface area contributed by atoms with Gasteiger partial charge in [-0.25, -0.2) is 13.5 Å². The fourth-order valence-electron chi connectivity index (χ4n) is 4.06. The second-order valence-corrected chi connectivity index (χ2v) is 9.81. The minimum Gasteiger partial charge on any atom is -0.373 e. The van der Waals surface area contributed by atoms with Crippen LogP contribution in [0.4, 0.5) is 11.5 Å². The average molecular weight is 454 g/mol. The number of amides is 1. The van der Waals surface area contributed by atoms with Gasteiger partial charge in [-0.05, 0) is 62.1 Å². The van der Waals surface area contributed by atoms with Crippen molar-refractivity contribution < 1.29 is 13.7 Å². The normalized spacial score (nSPS) is 22.6. The van der Waals surface area contributed by atoms with E-state index >= 15 is 0 Å². The lowest BCUT2D eigenvalue weighted by Gasteiger charge is -2.33. The molecule has 2 fully saturated rings. The van der Waals surface area contributed by atoms with Crippen molar-refractivity contribution in [1.29, 1.82) is 0 Å². The van der Waals surface area contributed by atoms with E-state index in [0.29, 0.717) is 18.9 Å². The first-order chi connectivity index (χ1) is 15.5. The fraction of sp³-hybridized carbons (Fsp3) is 0.391. The number of hydrogen-bond acceptors (Lipinski definition) is 4. The summed E-state index contributed by atoms with van der Waals surface area (Å²) in [6.45, 7) is 5.23. The Hall–Kier alpha value is -2.75. The molecule has 1 aromatic carbocycles. The Bertz CT molecular complexity index is 1150. The molecule has 9 heteroatoms. The van der Waals surface area contributed by atoms with Crippen LogP contribution in [0.5, 0.6) is 0 Å². The Morgan fingerprint density at radius 1 is 1.16 bits per heavy atom. The number of carbonyl (C=O) groups excluding carboxylic acids is 1. The first-order valence-electron chi connectivity index (χ1n) is 10.9. The van der Waals surface area contributed by atoms with Gasteiger partial charge in [-0.3, -0.25) is 9.52 Å². The number of pyridine rings is 1. The average Bonchev–Trinajstić information content (AvgIpc) is 3.51. The minimum atomic E-state index is -1.33. The zero-order chi connectivity index (χ0) is 22.2. The molecule has 1 saturated carbocycles. The number of carbonyl (C=O) groups is 1. The molecule has 2 aromatic heterocycles. The third-order valence-electron chi connectivity index (χ3n) is 5.75. The number of H-pyrrole nitrogens is 1. The number of aromatic nitrogens is 2. The summed E-state index contributed by atoms with van der Waals surface area (Å²) in [6.07, 6.45) is 3.84. The highest BCUT2D eigenvalue weighted by molar-refractivity contribution is 7.84. The van der Waals surface area contributed by atoms with Crippen LogP contribution in [0.1, 0.15) is 26.7 Å². The number of nitrogens with one attached hydrogen (secondary N) is 3. The van der Waals surface area contributed by atoms with Crippen LogP contribution in [0.25, 0.3) is 22.2 Å². The molecule has 168 valence electrons. The summed E-state index contributed by atoms with van der Waals surface area (Å²) in [7, 11) is 0. The van der Waals surface area contributed by atoms with Crippen LogP contribution < -0.4 is 10.0 Å². The van der Waals surface area contributed by atoms with Crippen LogP contribution in [-0.4, -0.2) is 49.7 Å². The third-order valence-corrected chi connectivity index (χ3v) is 6.93. The van der Waals surface area contributed by atoms with Crippen molar-refractivity contribution in [2.75, 3.05) is 23.1 Å². The third kappa shape index (κ3) is 4.55. The van der Waals surface area contributed by atoms with Gasteiger partial charge in [0, 0.05) is 36.3 Å². The first kappa shape index (κ1) is 21.1. The topological polar surface area (TPSA) is 99.4 Å². The molecule has 0 radical (unpaired) electrons. The van der Waals surface area contributed by atoms with Gasteiger partial charge in [-0.1, -0.05) is 12.1 Å². The van der Waals surface area contributed by atoms with Crippen LogP contribution in [0.3, 0.4) is 0 Å². The lowest BCUT2D eigenvalue weighted by atomic mass is 10.0. The van der Waals surface area contributed by atoms with Crippen molar-refractivity contribution in [2.45, 2.75) is 38.9 Å². The van der Waals surface area contributed by atoms with E-state index in [1.54, 1.807) is 0 Å². The predicted molar refractivity (Wildman–Crippen MR) is 126 cm³/mol. The number of benzene rings is 1. The maximum absolute atomic E-state index is 12.8. The minimum absolute atomic E-state index is 0.0307. The highest BCUT2D eigenvalue weighted by Gasteiger charge is 2.30. The van der Waals surface area contributed by atoms with Crippen molar-refractivity contribution in [2.24, 2.45) is 5.92 Å². The highest BCUT2D eigenvalue weighted by atomic mass is 32.2. The maximum Gasteiger partial charge on any atom is 0.228 e. The molecule has 3 unspecified atom stereocenters. The number of morpholine rings is 1. The summed E-state index contributed by atoms with van der Waals surface area (Å²) >= 11 is -1.33. The van der Waals surface area contributed by atoms with Gasteiger partial charge in [-0.15, -0.1) is 0 Å². The number of rotatable bonds is 6. The molecule has 1 saturated heterocycles. The Labute approximate surface area is 189 Å². The summed E-state index contributed by atoms with van der Waals surface area (Å²) < 4.78 is 23.5. The molecule has 0 bridgehead atoms. The van der Waals surface area contributed by atoms with Crippen molar-refractivity contribution >= 4 is 39.6 Å². The number of hydrogen-bond donors (Lipinski definition) is 3. The van der Waals surface area contributed by atoms with Crippen LogP contribution >= 0.6 is 0 Å². The zero-order valence-corrected chi connectivity index (χ0v) is 18.9. The van der Waals surface area contributed by atoms with E-state index in [0.717, 1.165) is 40.7 Å². The lowest BCUT2D eigenvalue weighted by molar-refractivity contribution is -0.117. The fourth-order valence-corrected chi connectivity index (χ4v) is 5.22.